The molecular formula is C27H22N6O5. The fourth-order valence-corrected chi connectivity index (χ4v) is 3.90. The molecule has 3 amide bonds. The molecule has 0 bridgehead atoms. The Labute approximate surface area is 217 Å². The van der Waals surface area contributed by atoms with E-state index in [1.54, 1.807) is 60.4 Å². The third kappa shape index (κ3) is 4.96. The van der Waals surface area contributed by atoms with Crippen LogP contribution in [0.2, 0.25) is 0 Å². The highest BCUT2D eigenvalue weighted by Gasteiger charge is 2.31. The highest BCUT2D eigenvalue weighted by molar-refractivity contribution is 6.02. The van der Waals surface area contributed by atoms with Crippen molar-refractivity contribution in [3.05, 3.63) is 83.8 Å². The third-order valence-corrected chi connectivity index (χ3v) is 5.81. The number of imidazole rings is 1. The fraction of sp³-hybridized carbons (Fsp3) is 0.148. The van der Waals surface area contributed by atoms with Crippen LogP contribution in [-0.4, -0.2) is 59.3 Å². The van der Waals surface area contributed by atoms with Crippen LogP contribution in [0.3, 0.4) is 0 Å². The molecule has 0 saturated heterocycles. The van der Waals surface area contributed by atoms with Crippen LogP contribution in [0.4, 0.5) is 16.2 Å². The first kappa shape index (κ1) is 24.3. The molecule has 190 valence electrons. The summed E-state index contributed by atoms with van der Waals surface area (Å²) in [4.78, 5) is 43.2. The summed E-state index contributed by atoms with van der Waals surface area (Å²) in [7, 11) is 2.85. The number of urea groups is 1. The highest BCUT2D eigenvalue weighted by Crippen LogP contribution is 2.31. The SMILES string of the molecule is COC(=O)c1ccc2c(c1)OC[C@@H](NC(=O)Nc1cccc(C#Cc3cnc4cccnn34)c1)C(=O)N2C. The van der Waals surface area contributed by atoms with Gasteiger partial charge in [0, 0.05) is 24.5 Å². The van der Waals surface area contributed by atoms with Crippen LogP contribution in [0, 0.1) is 11.8 Å². The molecule has 0 saturated carbocycles. The Morgan fingerprint density at radius 1 is 1.13 bits per heavy atom. The quantitative estimate of drug-likeness (QED) is 0.320. The molecule has 1 aliphatic rings. The van der Waals surface area contributed by atoms with Crippen molar-refractivity contribution in [3.8, 4) is 17.6 Å². The van der Waals surface area contributed by atoms with Gasteiger partial charge in [-0.05, 0) is 54.5 Å². The van der Waals surface area contributed by atoms with E-state index in [2.05, 4.69) is 32.6 Å². The maximum absolute atomic E-state index is 13.0. The van der Waals surface area contributed by atoms with Crippen LogP contribution in [0.15, 0.2) is 67.0 Å². The van der Waals surface area contributed by atoms with Crippen LogP contribution < -0.4 is 20.3 Å². The van der Waals surface area contributed by atoms with Gasteiger partial charge >= 0.3 is 12.0 Å². The van der Waals surface area contributed by atoms with Gasteiger partial charge in [0.05, 0.1) is 24.6 Å². The van der Waals surface area contributed by atoms with Crippen molar-refractivity contribution in [1.82, 2.24) is 19.9 Å². The number of hydrogen-bond donors (Lipinski definition) is 2. The first-order valence-corrected chi connectivity index (χ1v) is 11.5. The van der Waals surface area contributed by atoms with Crippen LogP contribution in [-0.2, 0) is 9.53 Å². The lowest BCUT2D eigenvalue weighted by molar-refractivity contribution is -0.120. The molecule has 0 unspecified atom stereocenters. The monoisotopic (exact) mass is 510 g/mol. The summed E-state index contributed by atoms with van der Waals surface area (Å²) < 4.78 is 12.1. The molecule has 1 atom stereocenters. The van der Waals surface area contributed by atoms with E-state index in [1.807, 2.05) is 12.1 Å². The Morgan fingerprint density at radius 3 is 2.84 bits per heavy atom. The van der Waals surface area contributed by atoms with Gasteiger partial charge in [-0.3, -0.25) is 4.79 Å². The largest absolute Gasteiger partial charge is 0.489 e. The Kier molecular flexibility index (Phi) is 6.61. The number of likely N-dealkylation sites (N-methyl/N-ethyl adjacent to an activating group) is 1. The minimum absolute atomic E-state index is 0.118. The van der Waals surface area contributed by atoms with Crippen molar-refractivity contribution < 1.29 is 23.9 Å². The van der Waals surface area contributed by atoms with Crippen molar-refractivity contribution in [1.29, 1.82) is 0 Å². The number of benzene rings is 2. The Balaban J connectivity index is 1.26. The van der Waals surface area contributed by atoms with E-state index in [-0.39, 0.29) is 18.1 Å². The van der Waals surface area contributed by atoms with Gasteiger partial charge < -0.3 is 25.0 Å². The standard InChI is InChI=1S/C27H22N6O5/c1-32-22-11-9-18(26(35)37-2)14-23(22)38-16-21(25(32)34)31-27(36)30-19-6-3-5-17(13-19)8-10-20-15-28-24-7-4-12-29-33(20)24/h3-7,9,11-15,21H,16H2,1-2H3,(H2,30,31,36)/t21-/m1/s1. The second-order valence-electron chi connectivity index (χ2n) is 8.30. The zero-order chi connectivity index (χ0) is 26.6. The number of aromatic nitrogens is 3. The van der Waals surface area contributed by atoms with Gasteiger partial charge in [0.1, 0.15) is 24.1 Å². The van der Waals surface area contributed by atoms with E-state index in [9.17, 15) is 14.4 Å². The van der Waals surface area contributed by atoms with E-state index in [0.29, 0.717) is 34.0 Å². The van der Waals surface area contributed by atoms with Crippen LogP contribution >= 0.6 is 0 Å². The maximum Gasteiger partial charge on any atom is 0.337 e. The number of hydrogen-bond acceptors (Lipinski definition) is 7. The number of anilines is 2. The van der Waals surface area contributed by atoms with Crippen molar-refractivity contribution in [2.75, 3.05) is 31.0 Å². The van der Waals surface area contributed by atoms with Crippen LogP contribution in [0.5, 0.6) is 5.75 Å². The zero-order valence-electron chi connectivity index (χ0n) is 20.5. The van der Waals surface area contributed by atoms with E-state index < -0.39 is 18.0 Å². The lowest BCUT2D eigenvalue weighted by atomic mass is 10.1. The van der Waals surface area contributed by atoms with Gasteiger partial charge in [0.15, 0.2) is 5.65 Å². The molecule has 0 radical (unpaired) electrons. The van der Waals surface area contributed by atoms with Gasteiger partial charge in [0.2, 0.25) is 0 Å². The normalized spacial score (nSPS) is 14.4. The summed E-state index contributed by atoms with van der Waals surface area (Å²) in [5, 5.41) is 9.61. The fourth-order valence-electron chi connectivity index (χ4n) is 3.90. The molecule has 0 fully saturated rings. The second kappa shape index (κ2) is 10.3. The first-order valence-electron chi connectivity index (χ1n) is 11.5. The molecule has 2 N–H and O–H groups in total. The lowest BCUT2D eigenvalue weighted by Gasteiger charge is -2.20. The Bertz CT molecular complexity index is 1620. The molecule has 1 aliphatic heterocycles. The van der Waals surface area contributed by atoms with Crippen molar-refractivity contribution in [3.63, 3.8) is 0 Å². The molecule has 11 heteroatoms. The summed E-state index contributed by atoms with van der Waals surface area (Å²) >= 11 is 0. The zero-order valence-corrected chi connectivity index (χ0v) is 20.5. The molecule has 38 heavy (non-hydrogen) atoms. The maximum atomic E-state index is 13.0. The molecule has 5 rings (SSSR count). The van der Waals surface area contributed by atoms with Gasteiger partial charge in [-0.25, -0.2) is 19.1 Å². The molecule has 11 nitrogen and oxygen atoms in total. The van der Waals surface area contributed by atoms with Gasteiger partial charge in [-0.1, -0.05) is 12.0 Å². The van der Waals surface area contributed by atoms with Crippen LogP contribution in [0.25, 0.3) is 5.65 Å². The number of nitrogens with one attached hydrogen (secondary N) is 2. The average Bonchev–Trinajstić information content (AvgIpc) is 3.31. The summed E-state index contributed by atoms with van der Waals surface area (Å²) in [6.45, 7) is -0.118. The number of fused-ring (bicyclic) bond motifs is 2. The minimum atomic E-state index is -0.959. The van der Waals surface area contributed by atoms with E-state index >= 15 is 0 Å². The highest BCUT2D eigenvalue weighted by atomic mass is 16.5. The third-order valence-electron chi connectivity index (χ3n) is 5.81. The molecule has 4 aromatic rings. The smallest absolute Gasteiger partial charge is 0.337 e. The predicted molar refractivity (Wildman–Crippen MR) is 138 cm³/mol. The minimum Gasteiger partial charge on any atom is -0.489 e. The first-order chi connectivity index (χ1) is 18.4. The number of esters is 1. The summed E-state index contributed by atoms with van der Waals surface area (Å²) in [5.41, 5.74) is 3.24. The second-order valence-corrected chi connectivity index (χ2v) is 8.30. The lowest BCUT2D eigenvalue weighted by Crippen LogP contribution is -2.50. The van der Waals surface area contributed by atoms with Crippen molar-refractivity contribution in [2.24, 2.45) is 0 Å². The van der Waals surface area contributed by atoms with Gasteiger partial charge in [0.25, 0.3) is 5.91 Å². The number of methoxy groups -OCH3 is 1. The number of ether oxygens (including phenoxy) is 2. The number of carbonyl (C=O) groups excluding carboxylic acids is 3. The Hall–Kier alpha value is -5.37. The summed E-state index contributed by atoms with van der Waals surface area (Å²) in [5.74, 6) is 5.52. The number of rotatable bonds is 3. The molecular weight excluding hydrogens is 488 g/mol. The van der Waals surface area contributed by atoms with Gasteiger partial charge in [-0.15, -0.1) is 0 Å². The van der Waals surface area contributed by atoms with Crippen molar-refractivity contribution >= 4 is 34.9 Å². The van der Waals surface area contributed by atoms with E-state index in [0.717, 1.165) is 0 Å². The number of nitrogens with zero attached hydrogens (tertiary/aromatic N) is 4. The number of carbonyl (C=O) groups is 3. The topological polar surface area (TPSA) is 127 Å². The van der Waals surface area contributed by atoms with Crippen molar-refractivity contribution in [2.45, 2.75) is 6.04 Å². The average molecular weight is 511 g/mol. The van der Waals surface area contributed by atoms with Crippen LogP contribution in [0.1, 0.15) is 21.6 Å². The molecule has 3 heterocycles. The van der Waals surface area contributed by atoms with E-state index in [1.165, 1.54) is 18.1 Å². The van der Waals surface area contributed by atoms with Gasteiger partial charge in [-0.2, -0.15) is 5.10 Å². The van der Waals surface area contributed by atoms with E-state index in [4.69, 9.17) is 9.47 Å². The summed E-state index contributed by atoms with van der Waals surface area (Å²) in [6.07, 6.45) is 3.30. The molecule has 0 aliphatic carbocycles. The molecule has 2 aromatic carbocycles. The molecule has 0 spiro atoms. The predicted octanol–water partition coefficient (Wildman–Crippen LogP) is 2.46. The summed E-state index contributed by atoms with van der Waals surface area (Å²) in [6, 6.07) is 13.7. The molecule has 2 aromatic heterocycles. The Morgan fingerprint density at radius 2 is 2.00 bits per heavy atom. The number of amides is 3.